The standard InChI is InChI=1S/C19H23F3O4/c1-17(2,3)26-15(23)11-18(9-14(18)10-19(20,21)22)16(24)25-12-13-7-5-4-6-8-13/h4-8,14H,9-12H2,1-3H3. The molecule has 0 N–H and O–H groups in total. The van der Waals surface area contributed by atoms with Crippen LogP contribution in [0.5, 0.6) is 0 Å². The van der Waals surface area contributed by atoms with Crippen LogP contribution in [0, 0.1) is 11.3 Å². The number of benzene rings is 1. The average molecular weight is 372 g/mol. The SMILES string of the molecule is CC(C)(C)OC(=O)CC1(C(=O)OCc2ccccc2)CC1CC(F)(F)F. The summed E-state index contributed by atoms with van der Waals surface area (Å²) in [6.07, 6.45) is -5.95. The smallest absolute Gasteiger partial charge is 0.389 e. The van der Waals surface area contributed by atoms with Crippen molar-refractivity contribution in [1.29, 1.82) is 0 Å². The van der Waals surface area contributed by atoms with E-state index >= 15 is 0 Å². The minimum Gasteiger partial charge on any atom is -0.460 e. The van der Waals surface area contributed by atoms with Crippen molar-refractivity contribution in [1.82, 2.24) is 0 Å². The van der Waals surface area contributed by atoms with Crippen molar-refractivity contribution in [2.24, 2.45) is 11.3 Å². The van der Waals surface area contributed by atoms with Gasteiger partial charge in [-0.25, -0.2) is 0 Å². The highest BCUT2D eigenvalue weighted by Crippen LogP contribution is 2.60. The van der Waals surface area contributed by atoms with E-state index in [1.54, 1.807) is 51.1 Å². The van der Waals surface area contributed by atoms with Crippen molar-refractivity contribution in [2.75, 3.05) is 0 Å². The Kier molecular flexibility index (Phi) is 5.68. The Morgan fingerprint density at radius 2 is 1.77 bits per heavy atom. The molecule has 1 aromatic rings. The molecule has 0 spiro atoms. The zero-order chi connectivity index (χ0) is 19.6. The van der Waals surface area contributed by atoms with E-state index in [2.05, 4.69) is 0 Å². The third-order valence-electron chi connectivity index (χ3n) is 4.21. The molecule has 4 nitrogen and oxygen atoms in total. The van der Waals surface area contributed by atoms with Crippen molar-refractivity contribution < 1.29 is 32.2 Å². The van der Waals surface area contributed by atoms with Crippen LogP contribution in [0.4, 0.5) is 13.2 Å². The molecular formula is C19H23F3O4. The summed E-state index contributed by atoms with van der Waals surface area (Å²) in [4.78, 5) is 24.6. The minimum atomic E-state index is -4.40. The molecular weight excluding hydrogens is 349 g/mol. The lowest BCUT2D eigenvalue weighted by Crippen LogP contribution is -2.30. The molecule has 2 unspecified atom stereocenters. The van der Waals surface area contributed by atoms with Crippen molar-refractivity contribution in [3.05, 3.63) is 35.9 Å². The van der Waals surface area contributed by atoms with Gasteiger partial charge in [0.1, 0.15) is 12.2 Å². The molecule has 0 amide bonds. The molecule has 1 aliphatic rings. The van der Waals surface area contributed by atoms with Crippen LogP contribution < -0.4 is 0 Å². The van der Waals surface area contributed by atoms with E-state index in [0.717, 1.165) is 5.56 Å². The number of hydrogen-bond acceptors (Lipinski definition) is 4. The van der Waals surface area contributed by atoms with Gasteiger partial charge in [-0.1, -0.05) is 30.3 Å². The van der Waals surface area contributed by atoms with Gasteiger partial charge in [-0.15, -0.1) is 0 Å². The second kappa shape index (κ2) is 7.29. The zero-order valence-corrected chi connectivity index (χ0v) is 15.1. The number of carbonyl (C=O) groups is 2. The van der Waals surface area contributed by atoms with Crippen LogP contribution in [0.1, 0.15) is 45.6 Å². The number of hydrogen-bond donors (Lipinski definition) is 0. The van der Waals surface area contributed by atoms with Crippen LogP contribution in [-0.4, -0.2) is 23.7 Å². The molecule has 2 rings (SSSR count). The molecule has 144 valence electrons. The summed E-state index contributed by atoms with van der Waals surface area (Å²) < 4.78 is 48.6. The molecule has 7 heteroatoms. The van der Waals surface area contributed by atoms with Crippen LogP contribution >= 0.6 is 0 Å². The van der Waals surface area contributed by atoms with Crippen molar-refractivity contribution in [3.8, 4) is 0 Å². The van der Waals surface area contributed by atoms with Crippen LogP contribution in [0.3, 0.4) is 0 Å². The van der Waals surface area contributed by atoms with Gasteiger partial charge in [0.2, 0.25) is 0 Å². The van der Waals surface area contributed by atoms with Gasteiger partial charge in [0, 0.05) is 6.42 Å². The topological polar surface area (TPSA) is 52.6 Å². The monoisotopic (exact) mass is 372 g/mol. The number of carbonyl (C=O) groups excluding carboxylic acids is 2. The normalized spacial score (nSPS) is 22.6. The Morgan fingerprint density at radius 1 is 1.15 bits per heavy atom. The van der Waals surface area contributed by atoms with E-state index in [1.165, 1.54) is 0 Å². The fourth-order valence-electron chi connectivity index (χ4n) is 2.97. The molecule has 1 saturated carbocycles. The van der Waals surface area contributed by atoms with Gasteiger partial charge in [0.25, 0.3) is 0 Å². The quantitative estimate of drug-likeness (QED) is 0.694. The molecule has 0 saturated heterocycles. The molecule has 0 bridgehead atoms. The summed E-state index contributed by atoms with van der Waals surface area (Å²) in [5, 5.41) is 0. The van der Waals surface area contributed by atoms with E-state index in [4.69, 9.17) is 9.47 Å². The molecule has 2 atom stereocenters. The first-order chi connectivity index (χ1) is 11.9. The van der Waals surface area contributed by atoms with E-state index in [0.29, 0.717) is 0 Å². The Balaban J connectivity index is 2.06. The molecule has 26 heavy (non-hydrogen) atoms. The highest BCUT2D eigenvalue weighted by Gasteiger charge is 2.64. The zero-order valence-electron chi connectivity index (χ0n) is 15.1. The maximum atomic E-state index is 12.7. The largest absolute Gasteiger partial charge is 0.460 e. The molecule has 0 radical (unpaired) electrons. The van der Waals surface area contributed by atoms with E-state index in [-0.39, 0.29) is 13.0 Å². The summed E-state index contributed by atoms with van der Waals surface area (Å²) >= 11 is 0. The molecule has 0 heterocycles. The predicted octanol–water partition coefficient (Wildman–Crippen LogP) is 4.42. The van der Waals surface area contributed by atoms with E-state index in [9.17, 15) is 22.8 Å². The fraction of sp³-hybridized carbons (Fsp3) is 0.579. The highest BCUT2D eigenvalue weighted by molar-refractivity contribution is 5.86. The number of halogens is 3. The van der Waals surface area contributed by atoms with Gasteiger partial charge >= 0.3 is 18.1 Å². The summed E-state index contributed by atoms with van der Waals surface area (Å²) in [6.45, 7) is 4.93. The first kappa shape index (κ1) is 20.3. The lowest BCUT2D eigenvalue weighted by molar-refractivity contribution is -0.166. The number of ether oxygens (including phenoxy) is 2. The van der Waals surface area contributed by atoms with E-state index < -0.39 is 47.9 Å². The third kappa shape index (κ3) is 5.75. The van der Waals surface area contributed by atoms with Gasteiger partial charge in [-0.2, -0.15) is 13.2 Å². The molecule has 0 aliphatic heterocycles. The fourth-order valence-corrected chi connectivity index (χ4v) is 2.97. The van der Waals surface area contributed by atoms with E-state index in [1.807, 2.05) is 0 Å². The van der Waals surface area contributed by atoms with Crippen LogP contribution in [0.2, 0.25) is 0 Å². The molecule has 1 aliphatic carbocycles. The summed E-state index contributed by atoms with van der Waals surface area (Å²) in [6, 6.07) is 8.82. The molecule has 0 aromatic heterocycles. The molecule has 1 aromatic carbocycles. The lowest BCUT2D eigenvalue weighted by atomic mass is 9.97. The van der Waals surface area contributed by atoms with Crippen molar-refractivity contribution in [2.45, 2.75) is 58.4 Å². The van der Waals surface area contributed by atoms with Crippen molar-refractivity contribution in [3.63, 3.8) is 0 Å². The number of alkyl halides is 3. The van der Waals surface area contributed by atoms with Gasteiger partial charge in [0.05, 0.1) is 11.8 Å². The maximum absolute atomic E-state index is 12.7. The number of esters is 2. The lowest BCUT2D eigenvalue weighted by Gasteiger charge is -2.22. The van der Waals surface area contributed by atoms with Gasteiger partial charge in [-0.3, -0.25) is 9.59 Å². The minimum absolute atomic E-state index is 0.0284. The number of rotatable bonds is 6. The van der Waals surface area contributed by atoms with Gasteiger partial charge in [-0.05, 0) is 38.7 Å². The van der Waals surface area contributed by atoms with Crippen LogP contribution in [0.25, 0.3) is 0 Å². The summed E-state index contributed by atoms with van der Waals surface area (Å²) in [5.74, 6) is -2.43. The Bertz CT molecular complexity index is 649. The van der Waals surface area contributed by atoms with Crippen LogP contribution in [-0.2, 0) is 25.7 Å². The Labute approximate surface area is 150 Å². The second-order valence-electron chi connectivity index (χ2n) is 7.70. The Hall–Kier alpha value is -2.05. The van der Waals surface area contributed by atoms with Crippen molar-refractivity contribution >= 4 is 11.9 Å². The summed E-state index contributed by atoms with van der Waals surface area (Å²) in [5.41, 5.74) is -1.51. The third-order valence-corrected chi connectivity index (χ3v) is 4.21. The van der Waals surface area contributed by atoms with Gasteiger partial charge in [0.15, 0.2) is 0 Å². The molecule has 1 fully saturated rings. The van der Waals surface area contributed by atoms with Crippen LogP contribution in [0.15, 0.2) is 30.3 Å². The second-order valence-corrected chi connectivity index (χ2v) is 7.70. The predicted molar refractivity (Wildman–Crippen MR) is 87.9 cm³/mol. The Morgan fingerprint density at radius 3 is 2.31 bits per heavy atom. The average Bonchev–Trinajstić information content (AvgIpc) is 3.14. The highest BCUT2D eigenvalue weighted by atomic mass is 19.4. The maximum Gasteiger partial charge on any atom is 0.389 e. The van der Waals surface area contributed by atoms with Gasteiger partial charge < -0.3 is 9.47 Å². The first-order valence-electron chi connectivity index (χ1n) is 8.41. The summed E-state index contributed by atoms with van der Waals surface area (Å²) in [7, 11) is 0. The first-order valence-corrected chi connectivity index (χ1v) is 8.41.